The molecule has 0 unspecified atom stereocenters. The first-order valence-corrected chi connectivity index (χ1v) is 9.91. The minimum Gasteiger partial charge on any atom is -0.356 e. The van der Waals surface area contributed by atoms with Crippen molar-refractivity contribution in [2.75, 3.05) is 27.2 Å². The summed E-state index contributed by atoms with van der Waals surface area (Å²) >= 11 is 0. The van der Waals surface area contributed by atoms with Gasteiger partial charge in [0, 0.05) is 32.1 Å². The molecule has 2 N–H and O–H groups in total. The van der Waals surface area contributed by atoms with E-state index in [0.29, 0.717) is 0 Å². The van der Waals surface area contributed by atoms with Crippen LogP contribution in [0, 0.1) is 0 Å². The summed E-state index contributed by atoms with van der Waals surface area (Å²) in [6.07, 6.45) is 2.49. The lowest BCUT2D eigenvalue weighted by Crippen LogP contribution is -2.40. The van der Waals surface area contributed by atoms with Crippen LogP contribution in [0.25, 0.3) is 0 Å². The van der Waals surface area contributed by atoms with E-state index in [4.69, 9.17) is 0 Å². The summed E-state index contributed by atoms with van der Waals surface area (Å²) in [6.45, 7) is 5.93. The average molecular weight is 492 g/mol. The molecular weight excluding hydrogens is 459 g/mol. The van der Waals surface area contributed by atoms with Crippen LogP contribution in [-0.2, 0) is 18.5 Å². The highest BCUT2D eigenvalue weighted by Crippen LogP contribution is 2.47. The van der Waals surface area contributed by atoms with Crippen molar-refractivity contribution in [3.63, 3.8) is 0 Å². The van der Waals surface area contributed by atoms with Crippen molar-refractivity contribution in [2.24, 2.45) is 4.99 Å². The van der Waals surface area contributed by atoms with Gasteiger partial charge in [-0.3, -0.25) is 4.99 Å². The summed E-state index contributed by atoms with van der Waals surface area (Å²) in [5.41, 5.74) is 4.34. The Balaban J connectivity index is 0.00000280. The van der Waals surface area contributed by atoms with Gasteiger partial charge in [-0.2, -0.15) is 0 Å². The lowest BCUT2D eigenvalue weighted by Gasteiger charge is -2.19. The molecule has 0 heterocycles. The summed E-state index contributed by atoms with van der Waals surface area (Å²) in [5, 5.41) is 6.98. The van der Waals surface area contributed by atoms with Gasteiger partial charge in [0.1, 0.15) is 0 Å². The van der Waals surface area contributed by atoms with Gasteiger partial charge in [-0.25, -0.2) is 0 Å². The molecule has 1 aliphatic carbocycles. The molecule has 0 bridgehead atoms. The summed E-state index contributed by atoms with van der Waals surface area (Å²) in [5.74, 6) is 0.869. The number of nitrogens with zero attached hydrogens (tertiary/aromatic N) is 2. The first-order valence-electron chi connectivity index (χ1n) is 9.91. The van der Waals surface area contributed by atoms with E-state index < -0.39 is 0 Å². The molecule has 152 valence electrons. The van der Waals surface area contributed by atoms with E-state index >= 15 is 0 Å². The van der Waals surface area contributed by atoms with Gasteiger partial charge in [0.15, 0.2) is 5.96 Å². The predicted octanol–water partition coefficient (Wildman–Crippen LogP) is 4.15. The van der Waals surface area contributed by atoms with E-state index in [1.54, 1.807) is 0 Å². The number of rotatable bonds is 8. The van der Waals surface area contributed by atoms with Crippen LogP contribution >= 0.6 is 24.0 Å². The topological polar surface area (TPSA) is 39.7 Å². The van der Waals surface area contributed by atoms with Crippen LogP contribution in [-0.4, -0.2) is 38.0 Å². The Hall–Kier alpha value is -1.60. The molecule has 0 amide bonds. The molecule has 2 aromatic carbocycles. The molecule has 0 atom stereocenters. The van der Waals surface area contributed by atoms with Crippen molar-refractivity contribution in [3.05, 3.63) is 71.3 Å². The molecule has 1 saturated carbocycles. The largest absolute Gasteiger partial charge is 0.356 e. The Morgan fingerprint density at radius 3 is 2.39 bits per heavy atom. The normalized spacial score (nSPS) is 15.1. The number of halogens is 1. The van der Waals surface area contributed by atoms with Gasteiger partial charge in [-0.05, 0) is 43.1 Å². The Labute approximate surface area is 186 Å². The second-order valence-electron chi connectivity index (χ2n) is 7.58. The van der Waals surface area contributed by atoms with Crippen molar-refractivity contribution in [3.8, 4) is 0 Å². The lowest BCUT2D eigenvalue weighted by atomic mass is 9.96. The fraction of sp³-hybridized carbons (Fsp3) is 0.435. The second-order valence-corrected chi connectivity index (χ2v) is 7.58. The average Bonchev–Trinajstić information content (AvgIpc) is 3.50. The molecule has 1 fully saturated rings. The molecule has 0 spiro atoms. The highest BCUT2D eigenvalue weighted by molar-refractivity contribution is 14.0. The van der Waals surface area contributed by atoms with Crippen molar-refractivity contribution >= 4 is 29.9 Å². The minimum absolute atomic E-state index is 0. The highest BCUT2D eigenvalue weighted by atomic mass is 127. The van der Waals surface area contributed by atoms with Gasteiger partial charge in [-0.15, -0.1) is 24.0 Å². The van der Waals surface area contributed by atoms with E-state index in [-0.39, 0.29) is 29.4 Å². The summed E-state index contributed by atoms with van der Waals surface area (Å²) in [7, 11) is 3.99. The van der Waals surface area contributed by atoms with Crippen molar-refractivity contribution in [2.45, 2.75) is 38.3 Å². The standard InChI is InChI=1S/C23H32N4.HI/c1-4-27(3)17-20-10-8-9-19(15-20)16-25-22(24-2)26-18-23(13-14-23)21-11-6-5-7-12-21;/h5-12,15H,4,13-14,16-18H2,1-3H3,(H2,24,25,26);1H. The molecule has 4 nitrogen and oxygen atoms in total. The predicted molar refractivity (Wildman–Crippen MR) is 129 cm³/mol. The summed E-state index contributed by atoms with van der Waals surface area (Å²) in [4.78, 5) is 6.71. The molecule has 0 saturated heterocycles. The maximum absolute atomic E-state index is 4.40. The van der Waals surface area contributed by atoms with E-state index in [2.05, 4.69) is 89.1 Å². The summed E-state index contributed by atoms with van der Waals surface area (Å²) in [6, 6.07) is 19.6. The summed E-state index contributed by atoms with van der Waals surface area (Å²) < 4.78 is 0. The van der Waals surface area contributed by atoms with E-state index in [0.717, 1.165) is 32.1 Å². The van der Waals surface area contributed by atoms with Crippen molar-refractivity contribution in [1.29, 1.82) is 0 Å². The molecule has 3 rings (SSSR count). The van der Waals surface area contributed by atoms with Gasteiger partial charge in [0.25, 0.3) is 0 Å². The molecule has 0 aliphatic heterocycles. The van der Waals surface area contributed by atoms with Crippen molar-refractivity contribution in [1.82, 2.24) is 15.5 Å². The maximum Gasteiger partial charge on any atom is 0.191 e. The molecule has 2 aromatic rings. The van der Waals surface area contributed by atoms with Gasteiger partial charge in [0.2, 0.25) is 0 Å². The third kappa shape index (κ3) is 6.21. The van der Waals surface area contributed by atoms with Crippen LogP contribution in [0.3, 0.4) is 0 Å². The lowest BCUT2D eigenvalue weighted by molar-refractivity contribution is 0.345. The molecule has 5 heteroatoms. The van der Waals surface area contributed by atoms with Crippen molar-refractivity contribution < 1.29 is 0 Å². The zero-order chi connectivity index (χ0) is 19.1. The third-order valence-electron chi connectivity index (χ3n) is 5.50. The Morgan fingerprint density at radius 1 is 1.04 bits per heavy atom. The fourth-order valence-corrected chi connectivity index (χ4v) is 3.43. The minimum atomic E-state index is 0. The Kier molecular flexibility index (Phi) is 8.76. The zero-order valence-corrected chi connectivity index (χ0v) is 19.6. The van der Waals surface area contributed by atoms with Crippen LogP contribution in [0.5, 0.6) is 0 Å². The number of nitrogens with one attached hydrogen (secondary N) is 2. The zero-order valence-electron chi connectivity index (χ0n) is 17.2. The van der Waals surface area contributed by atoms with E-state index in [9.17, 15) is 0 Å². The SMILES string of the molecule is CCN(C)Cc1cccc(CNC(=NC)NCC2(c3ccccc3)CC2)c1.I. The first kappa shape index (κ1) is 22.7. The van der Waals surface area contributed by atoms with Crippen LogP contribution in [0.1, 0.15) is 36.5 Å². The van der Waals surface area contributed by atoms with Crippen LogP contribution in [0.4, 0.5) is 0 Å². The number of aliphatic imine (C=N–C) groups is 1. The number of hydrogen-bond acceptors (Lipinski definition) is 2. The number of hydrogen-bond donors (Lipinski definition) is 2. The maximum atomic E-state index is 4.40. The molecule has 28 heavy (non-hydrogen) atoms. The number of benzene rings is 2. The molecular formula is C23H33IN4. The van der Waals surface area contributed by atoms with Crippen LogP contribution < -0.4 is 10.6 Å². The first-order chi connectivity index (χ1) is 13.1. The van der Waals surface area contributed by atoms with Gasteiger partial charge in [-0.1, -0.05) is 61.5 Å². The molecule has 0 radical (unpaired) electrons. The number of guanidine groups is 1. The monoisotopic (exact) mass is 492 g/mol. The van der Waals surface area contributed by atoms with Crippen LogP contribution in [0.2, 0.25) is 0 Å². The Morgan fingerprint density at radius 2 is 1.75 bits per heavy atom. The van der Waals surface area contributed by atoms with Gasteiger partial charge >= 0.3 is 0 Å². The second kappa shape index (κ2) is 10.8. The Bertz CT molecular complexity index is 756. The quantitative estimate of drug-likeness (QED) is 0.331. The smallest absolute Gasteiger partial charge is 0.191 e. The molecule has 1 aliphatic rings. The fourth-order valence-electron chi connectivity index (χ4n) is 3.43. The third-order valence-corrected chi connectivity index (χ3v) is 5.50. The highest BCUT2D eigenvalue weighted by Gasteiger charge is 2.43. The van der Waals surface area contributed by atoms with Gasteiger partial charge < -0.3 is 15.5 Å². The van der Waals surface area contributed by atoms with Gasteiger partial charge in [0.05, 0.1) is 0 Å². The van der Waals surface area contributed by atoms with E-state index in [1.165, 1.54) is 29.5 Å². The van der Waals surface area contributed by atoms with E-state index in [1.807, 2.05) is 7.05 Å². The molecule has 0 aromatic heterocycles. The van der Waals surface area contributed by atoms with Crippen LogP contribution in [0.15, 0.2) is 59.6 Å².